The molecule has 0 fully saturated rings. The number of ether oxygens (including phenoxy) is 1. The maximum Gasteiger partial charge on any atom is 0.339 e. The third kappa shape index (κ3) is 3.54. The second-order valence-electron chi connectivity index (χ2n) is 4.15. The molecule has 5 nitrogen and oxygen atoms in total. The lowest BCUT2D eigenvalue weighted by atomic mass is 10.2. The van der Waals surface area contributed by atoms with Crippen molar-refractivity contribution < 1.29 is 14.6 Å². The first-order valence-electron chi connectivity index (χ1n) is 6.11. The van der Waals surface area contributed by atoms with Crippen molar-refractivity contribution in [2.24, 2.45) is 0 Å². The van der Waals surface area contributed by atoms with Gasteiger partial charge in [0.15, 0.2) is 0 Å². The van der Waals surface area contributed by atoms with Gasteiger partial charge in [0, 0.05) is 16.2 Å². The Balaban J connectivity index is 2.31. The van der Waals surface area contributed by atoms with Crippen LogP contribution in [0.15, 0.2) is 35.1 Å². The molecular weight excluding hydrogens is 324 g/mol. The molecule has 0 radical (unpaired) electrons. The van der Waals surface area contributed by atoms with E-state index in [9.17, 15) is 4.79 Å². The van der Waals surface area contributed by atoms with Gasteiger partial charge in [-0.05, 0) is 24.6 Å². The molecule has 1 N–H and O–H groups in total. The minimum Gasteiger partial charge on any atom is -0.478 e. The fourth-order valence-corrected chi connectivity index (χ4v) is 2.04. The number of aryl methyl sites for hydroxylation is 1. The van der Waals surface area contributed by atoms with Crippen molar-refractivity contribution in [1.29, 1.82) is 0 Å². The fourth-order valence-electron chi connectivity index (χ4n) is 1.70. The lowest BCUT2D eigenvalue weighted by Gasteiger charge is -2.09. The summed E-state index contributed by atoms with van der Waals surface area (Å²) in [5.41, 5.74) is 0.952. The van der Waals surface area contributed by atoms with Crippen LogP contribution in [0.3, 0.4) is 0 Å². The van der Waals surface area contributed by atoms with Crippen LogP contribution in [-0.2, 0) is 6.42 Å². The van der Waals surface area contributed by atoms with Gasteiger partial charge in [0.25, 0.3) is 0 Å². The predicted molar refractivity (Wildman–Crippen MR) is 77.2 cm³/mol. The van der Waals surface area contributed by atoms with Gasteiger partial charge < -0.3 is 9.84 Å². The molecule has 2 aromatic rings. The zero-order chi connectivity index (χ0) is 14.5. The van der Waals surface area contributed by atoms with E-state index < -0.39 is 5.97 Å². The summed E-state index contributed by atoms with van der Waals surface area (Å²) in [6, 6.07) is 6.45. The van der Waals surface area contributed by atoms with Crippen molar-refractivity contribution in [2.45, 2.75) is 19.8 Å². The summed E-state index contributed by atoms with van der Waals surface area (Å²) < 4.78 is 6.31. The molecule has 20 heavy (non-hydrogen) atoms. The SMILES string of the molecule is CCCc1cc(Oc2cc(Br)ccc2C(=O)O)ncn1. The Morgan fingerprint density at radius 1 is 1.35 bits per heavy atom. The zero-order valence-electron chi connectivity index (χ0n) is 10.8. The summed E-state index contributed by atoms with van der Waals surface area (Å²) in [6.45, 7) is 2.06. The van der Waals surface area contributed by atoms with Crippen LogP contribution in [-0.4, -0.2) is 21.0 Å². The van der Waals surface area contributed by atoms with Crippen LogP contribution in [0.5, 0.6) is 11.6 Å². The van der Waals surface area contributed by atoms with Gasteiger partial charge in [-0.25, -0.2) is 14.8 Å². The van der Waals surface area contributed by atoms with Gasteiger partial charge in [0.05, 0.1) is 0 Å². The molecule has 0 saturated heterocycles. The van der Waals surface area contributed by atoms with Crippen molar-refractivity contribution in [1.82, 2.24) is 9.97 Å². The van der Waals surface area contributed by atoms with Crippen molar-refractivity contribution in [3.8, 4) is 11.6 Å². The molecule has 104 valence electrons. The van der Waals surface area contributed by atoms with Gasteiger partial charge in [-0.15, -0.1) is 0 Å². The maximum absolute atomic E-state index is 11.2. The first-order chi connectivity index (χ1) is 9.60. The topological polar surface area (TPSA) is 72.3 Å². The standard InChI is InChI=1S/C14H13BrN2O3/c1-2-3-10-7-13(17-8-16-10)20-12-6-9(15)4-5-11(12)14(18)19/h4-8H,2-3H2,1H3,(H,18,19). The number of carbonyl (C=O) groups is 1. The second-order valence-corrected chi connectivity index (χ2v) is 5.06. The molecular formula is C14H13BrN2O3. The molecule has 1 heterocycles. The van der Waals surface area contributed by atoms with Crippen molar-refractivity contribution in [2.75, 3.05) is 0 Å². The molecule has 0 saturated carbocycles. The van der Waals surface area contributed by atoms with E-state index in [1.807, 2.05) is 0 Å². The van der Waals surface area contributed by atoms with Crippen LogP contribution in [0.4, 0.5) is 0 Å². The number of carboxylic acids is 1. The number of halogens is 1. The monoisotopic (exact) mass is 336 g/mol. The largest absolute Gasteiger partial charge is 0.478 e. The number of carboxylic acid groups (broad SMARTS) is 1. The summed E-state index contributed by atoms with van der Waals surface area (Å²) in [5.74, 6) is -0.465. The van der Waals surface area contributed by atoms with E-state index in [0.717, 1.165) is 23.0 Å². The molecule has 0 amide bonds. The van der Waals surface area contributed by atoms with Gasteiger partial charge in [0.1, 0.15) is 17.6 Å². The highest BCUT2D eigenvalue weighted by atomic mass is 79.9. The van der Waals surface area contributed by atoms with E-state index >= 15 is 0 Å². The molecule has 1 aromatic carbocycles. The van der Waals surface area contributed by atoms with Crippen molar-refractivity contribution in [3.63, 3.8) is 0 Å². The van der Waals surface area contributed by atoms with E-state index in [0.29, 0.717) is 5.88 Å². The van der Waals surface area contributed by atoms with Crippen LogP contribution in [0.25, 0.3) is 0 Å². The van der Waals surface area contributed by atoms with E-state index in [1.165, 1.54) is 12.4 Å². The summed E-state index contributed by atoms with van der Waals surface area (Å²) in [7, 11) is 0. The highest BCUT2D eigenvalue weighted by molar-refractivity contribution is 9.10. The zero-order valence-corrected chi connectivity index (χ0v) is 12.4. The summed E-state index contributed by atoms with van der Waals surface area (Å²) in [6.07, 6.45) is 3.20. The van der Waals surface area contributed by atoms with E-state index in [1.54, 1.807) is 18.2 Å². The number of hydrogen-bond acceptors (Lipinski definition) is 4. The molecule has 0 aliphatic rings. The van der Waals surface area contributed by atoms with Crippen LogP contribution in [0.2, 0.25) is 0 Å². The second kappa shape index (κ2) is 6.47. The molecule has 0 aliphatic heterocycles. The Morgan fingerprint density at radius 2 is 2.15 bits per heavy atom. The predicted octanol–water partition coefficient (Wildman–Crippen LogP) is 3.68. The fraction of sp³-hybridized carbons (Fsp3) is 0.214. The average Bonchev–Trinajstić information content (AvgIpc) is 2.39. The minimum atomic E-state index is -1.05. The minimum absolute atomic E-state index is 0.0869. The van der Waals surface area contributed by atoms with Gasteiger partial charge in [0.2, 0.25) is 5.88 Å². The molecule has 0 atom stereocenters. The molecule has 0 spiro atoms. The Morgan fingerprint density at radius 3 is 2.85 bits per heavy atom. The summed E-state index contributed by atoms with van der Waals surface area (Å²) in [5, 5.41) is 9.15. The van der Waals surface area contributed by atoms with Gasteiger partial charge in [-0.1, -0.05) is 29.3 Å². The Labute approximate surface area is 124 Å². The highest BCUT2D eigenvalue weighted by Crippen LogP contribution is 2.28. The van der Waals surface area contributed by atoms with Crippen molar-refractivity contribution >= 4 is 21.9 Å². The summed E-state index contributed by atoms with van der Waals surface area (Å²) in [4.78, 5) is 19.3. The van der Waals surface area contributed by atoms with Gasteiger partial charge in [-0.3, -0.25) is 0 Å². The first-order valence-corrected chi connectivity index (χ1v) is 6.91. The quantitative estimate of drug-likeness (QED) is 0.901. The number of benzene rings is 1. The van der Waals surface area contributed by atoms with E-state index in [4.69, 9.17) is 9.84 Å². The smallest absolute Gasteiger partial charge is 0.339 e. The number of rotatable bonds is 5. The molecule has 0 aliphatic carbocycles. The van der Waals surface area contributed by atoms with E-state index in [-0.39, 0.29) is 11.3 Å². The van der Waals surface area contributed by atoms with Crippen LogP contribution >= 0.6 is 15.9 Å². The lowest BCUT2D eigenvalue weighted by molar-refractivity contribution is 0.0694. The van der Waals surface area contributed by atoms with Crippen LogP contribution in [0.1, 0.15) is 29.4 Å². The molecule has 6 heteroatoms. The van der Waals surface area contributed by atoms with Gasteiger partial charge in [-0.2, -0.15) is 0 Å². The molecule has 1 aromatic heterocycles. The van der Waals surface area contributed by atoms with Crippen LogP contribution in [0, 0.1) is 0 Å². The number of aromatic carboxylic acids is 1. The third-order valence-electron chi connectivity index (χ3n) is 2.59. The average molecular weight is 337 g/mol. The summed E-state index contributed by atoms with van der Waals surface area (Å²) >= 11 is 3.29. The van der Waals surface area contributed by atoms with Gasteiger partial charge >= 0.3 is 5.97 Å². The molecule has 0 bridgehead atoms. The third-order valence-corrected chi connectivity index (χ3v) is 3.09. The molecule has 0 unspecified atom stereocenters. The van der Waals surface area contributed by atoms with Crippen LogP contribution < -0.4 is 4.74 Å². The maximum atomic E-state index is 11.2. The van der Waals surface area contributed by atoms with E-state index in [2.05, 4.69) is 32.8 Å². The van der Waals surface area contributed by atoms with Crippen molar-refractivity contribution in [3.05, 3.63) is 46.3 Å². The number of aromatic nitrogens is 2. The Hall–Kier alpha value is -1.95. The number of nitrogens with zero attached hydrogens (tertiary/aromatic N) is 2. The number of hydrogen-bond donors (Lipinski definition) is 1. The molecule has 2 rings (SSSR count). The lowest BCUT2D eigenvalue weighted by Crippen LogP contribution is -2.01. The normalized spacial score (nSPS) is 10.3. The first kappa shape index (κ1) is 14.5. The Bertz CT molecular complexity index is 632. The highest BCUT2D eigenvalue weighted by Gasteiger charge is 2.13. The Kier molecular flexibility index (Phi) is 4.68.